The van der Waals surface area contributed by atoms with Gasteiger partial charge in [-0.05, 0) is 25.1 Å². The molecular weight excluding hydrogens is 183 g/mol. The van der Waals surface area contributed by atoms with Gasteiger partial charge in [-0.25, -0.2) is 9.18 Å². The average Bonchev–Trinajstić information content (AvgIpc) is 2.17. The third-order valence-electron chi connectivity index (χ3n) is 1.63. The van der Waals surface area contributed by atoms with E-state index in [9.17, 15) is 9.18 Å². The zero-order chi connectivity index (χ0) is 10.6. The summed E-state index contributed by atoms with van der Waals surface area (Å²) in [5.41, 5.74) is 0.307. The van der Waals surface area contributed by atoms with Gasteiger partial charge in [-0.2, -0.15) is 0 Å². The number of carbonyl (C=O) groups excluding carboxylic acids is 1. The summed E-state index contributed by atoms with van der Waals surface area (Å²) >= 11 is 0. The van der Waals surface area contributed by atoms with E-state index in [1.54, 1.807) is 6.92 Å². The first-order chi connectivity index (χ1) is 6.69. The molecule has 0 aliphatic heterocycles. The summed E-state index contributed by atoms with van der Waals surface area (Å²) in [5, 5.41) is 0. The summed E-state index contributed by atoms with van der Waals surface area (Å²) < 4.78 is 17.9. The third-order valence-corrected chi connectivity index (χ3v) is 1.63. The second-order valence-corrected chi connectivity index (χ2v) is 2.56. The van der Waals surface area contributed by atoms with Crippen LogP contribution in [0.3, 0.4) is 0 Å². The molecular formula is C11H9FO2. The lowest BCUT2D eigenvalue weighted by molar-refractivity contribution is 0.0521. The molecule has 0 bridgehead atoms. The topological polar surface area (TPSA) is 26.3 Å². The quantitative estimate of drug-likeness (QED) is 0.529. The van der Waals surface area contributed by atoms with Crippen molar-refractivity contribution in [1.29, 1.82) is 0 Å². The molecule has 72 valence electrons. The first kappa shape index (κ1) is 10.3. The highest BCUT2D eigenvalue weighted by Gasteiger charge is 2.12. The molecule has 0 spiro atoms. The Bertz CT molecular complexity index is 391. The maximum absolute atomic E-state index is 13.2. The second kappa shape index (κ2) is 4.43. The van der Waals surface area contributed by atoms with Crippen molar-refractivity contribution in [2.45, 2.75) is 6.92 Å². The number of hydrogen-bond donors (Lipinski definition) is 0. The first-order valence-electron chi connectivity index (χ1n) is 4.12. The molecule has 0 atom stereocenters. The molecule has 0 amide bonds. The molecule has 0 N–H and O–H groups in total. The van der Waals surface area contributed by atoms with Crippen LogP contribution in [0, 0.1) is 18.2 Å². The molecule has 0 unspecified atom stereocenters. The molecule has 0 heterocycles. The van der Waals surface area contributed by atoms with E-state index >= 15 is 0 Å². The van der Waals surface area contributed by atoms with Crippen LogP contribution in [0.25, 0.3) is 0 Å². The molecule has 0 radical (unpaired) electrons. The summed E-state index contributed by atoms with van der Waals surface area (Å²) in [6, 6.07) is 3.95. The van der Waals surface area contributed by atoms with Crippen LogP contribution in [0.1, 0.15) is 22.8 Å². The Hall–Kier alpha value is -1.82. The Morgan fingerprint density at radius 1 is 1.64 bits per heavy atom. The lowest BCUT2D eigenvalue weighted by Crippen LogP contribution is -2.07. The van der Waals surface area contributed by atoms with Crippen LogP contribution in [0.2, 0.25) is 0 Å². The van der Waals surface area contributed by atoms with E-state index in [4.69, 9.17) is 6.42 Å². The Balaban J connectivity index is 3.01. The lowest BCUT2D eigenvalue weighted by atomic mass is 10.1. The molecule has 1 aromatic rings. The molecule has 3 heteroatoms. The smallest absolute Gasteiger partial charge is 0.341 e. The highest BCUT2D eigenvalue weighted by molar-refractivity contribution is 5.89. The largest absolute Gasteiger partial charge is 0.462 e. The van der Waals surface area contributed by atoms with E-state index in [1.807, 2.05) is 0 Å². The zero-order valence-electron chi connectivity index (χ0n) is 7.71. The normalized spacial score (nSPS) is 9.21. The Morgan fingerprint density at radius 2 is 2.36 bits per heavy atom. The van der Waals surface area contributed by atoms with Crippen LogP contribution in [0.15, 0.2) is 18.2 Å². The monoisotopic (exact) mass is 192 g/mol. The van der Waals surface area contributed by atoms with Crippen LogP contribution in [0.5, 0.6) is 0 Å². The van der Waals surface area contributed by atoms with E-state index in [0.29, 0.717) is 5.56 Å². The summed E-state index contributed by atoms with van der Waals surface area (Å²) in [4.78, 5) is 11.2. The molecule has 14 heavy (non-hydrogen) atoms. The predicted molar refractivity (Wildman–Crippen MR) is 50.3 cm³/mol. The Kier molecular flexibility index (Phi) is 3.24. The van der Waals surface area contributed by atoms with Crippen molar-refractivity contribution >= 4 is 5.97 Å². The van der Waals surface area contributed by atoms with Crippen molar-refractivity contribution in [1.82, 2.24) is 0 Å². The van der Waals surface area contributed by atoms with E-state index < -0.39 is 11.8 Å². The molecule has 1 rings (SSSR count). The fraction of sp³-hybridized carbons (Fsp3) is 0.182. The lowest BCUT2D eigenvalue weighted by Gasteiger charge is -2.02. The Labute approximate surface area is 81.7 Å². The third kappa shape index (κ3) is 2.11. The number of carbonyl (C=O) groups is 1. The van der Waals surface area contributed by atoms with Gasteiger partial charge in [0.2, 0.25) is 0 Å². The van der Waals surface area contributed by atoms with E-state index in [-0.39, 0.29) is 12.2 Å². The van der Waals surface area contributed by atoms with Gasteiger partial charge >= 0.3 is 5.97 Å². The van der Waals surface area contributed by atoms with Crippen molar-refractivity contribution in [3.8, 4) is 12.3 Å². The van der Waals surface area contributed by atoms with Crippen LogP contribution in [0.4, 0.5) is 4.39 Å². The molecule has 0 aliphatic carbocycles. The summed E-state index contributed by atoms with van der Waals surface area (Å²) in [5.74, 6) is 0.947. The number of terminal acetylenes is 1. The van der Waals surface area contributed by atoms with E-state index in [0.717, 1.165) is 6.07 Å². The van der Waals surface area contributed by atoms with Crippen molar-refractivity contribution < 1.29 is 13.9 Å². The van der Waals surface area contributed by atoms with Crippen LogP contribution in [-0.4, -0.2) is 12.6 Å². The SMILES string of the molecule is C#Cc1ccc(C(=O)OCC)c(F)c1. The van der Waals surface area contributed by atoms with Gasteiger partial charge in [-0.15, -0.1) is 6.42 Å². The van der Waals surface area contributed by atoms with Crippen molar-refractivity contribution in [3.05, 3.63) is 35.1 Å². The fourth-order valence-corrected chi connectivity index (χ4v) is 0.979. The number of ether oxygens (including phenoxy) is 1. The highest BCUT2D eigenvalue weighted by Crippen LogP contribution is 2.11. The first-order valence-corrected chi connectivity index (χ1v) is 4.12. The minimum absolute atomic E-state index is 0.0918. The van der Waals surface area contributed by atoms with Gasteiger partial charge in [-0.1, -0.05) is 5.92 Å². The average molecular weight is 192 g/mol. The molecule has 0 saturated heterocycles. The number of hydrogen-bond acceptors (Lipinski definition) is 2. The minimum atomic E-state index is -0.673. The van der Waals surface area contributed by atoms with Crippen molar-refractivity contribution in [2.75, 3.05) is 6.61 Å². The predicted octanol–water partition coefficient (Wildman–Crippen LogP) is 1.98. The van der Waals surface area contributed by atoms with Gasteiger partial charge in [0.15, 0.2) is 0 Å². The summed E-state index contributed by atoms with van der Waals surface area (Å²) in [6.07, 6.45) is 5.07. The van der Waals surface area contributed by atoms with Crippen molar-refractivity contribution in [2.24, 2.45) is 0 Å². The number of esters is 1. The number of benzene rings is 1. The van der Waals surface area contributed by atoms with Gasteiger partial charge in [0, 0.05) is 5.56 Å². The minimum Gasteiger partial charge on any atom is -0.462 e. The second-order valence-electron chi connectivity index (χ2n) is 2.56. The summed E-state index contributed by atoms with van der Waals surface area (Å²) in [7, 11) is 0. The molecule has 0 aliphatic rings. The maximum Gasteiger partial charge on any atom is 0.341 e. The van der Waals surface area contributed by atoms with Gasteiger partial charge in [0.1, 0.15) is 5.82 Å². The summed E-state index contributed by atoms with van der Waals surface area (Å²) in [6.45, 7) is 1.88. The fourth-order valence-electron chi connectivity index (χ4n) is 0.979. The van der Waals surface area contributed by atoms with E-state index in [2.05, 4.69) is 10.7 Å². The zero-order valence-corrected chi connectivity index (χ0v) is 7.71. The van der Waals surface area contributed by atoms with Crippen molar-refractivity contribution in [3.63, 3.8) is 0 Å². The number of rotatable bonds is 2. The van der Waals surface area contributed by atoms with Gasteiger partial charge in [0.25, 0.3) is 0 Å². The highest BCUT2D eigenvalue weighted by atomic mass is 19.1. The van der Waals surface area contributed by atoms with Gasteiger partial charge in [-0.3, -0.25) is 0 Å². The van der Waals surface area contributed by atoms with Crippen LogP contribution in [-0.2, 0) is 4.74 Å². The van der Waals surface area contributed by atoms with E-state index in [1.165, 1.54) is 12.1 Å². The maximum atomic E-state index is 13.2. The molecule has 0 aromatic heterocycles. The van der Waals surface area contributed by atoms with Gasteiger partial charge < -0.3 is 4.74 Å². The molecule has 2 nitrogen and oxygen atoms in total. The molecule has 1 aromatic carbocycles. The van der Waals surface area contributed by atoms with Crippen LogP contribution >= 0.6 is 0 Å². The standard InChI is InChI=1S/C11H9FO2/c1-3-8-5-6-9(10(12)7-8)11(13)14-4-2/h1,5-7H,4H2,2H3. The van der Waals surface area contributed by atoms with Crippen LogP contribution < -0.4 is 0 Å². The molecule has 0 fully saturated rings. The number of halogens is 1. The Morgan fingerprint density at radius 3 is 2.86 bits per heavy atom. The molecule has 0 saturated carbocycles. The van der Waals surface area contributed by atoms with Gasteiger partial charge in [0.05, 0.1) is 12.2 Å².